The number of aromatic hydroxyl groups is 1. The zero-order chi connectivity index (χ0) is 22.4. The molecule has 1 amide bonds. The van der Waals surface area contributed by atoms with E-state index < -0.39 is 29.1 Å². The number of nitrogens with two attached hydrogens (primary N) is 1. The molecule has 0 spiro atoms. The average Bonchev–Trinajstić information content (AvgIpc) is 2.70. The molecule has 1 unspecified atom stereocenters. The van der Waals surface area contributed by atoms with Gasteiger partial charge in [-0.3, -0.25) is 9.59 Å². The fourth-order valence-corrected chi connectivity index (χ4v) is 2.93. The summed E-state index contributed by atoms with van der Waals surface area (Å²) in [6.07, 6.45) is 0.750. The van der Waals surface area contributed by atoms with Crippen molar-refractivity contribution in [1.82, 2.24) is 4.98 Å². The standard InChI is InChI=1S/C21H24N2O7/c1-11(2)10-30-15-6-5-12(7-16(15)28-3)13(8-17(22)24)18-19(25)14(21(27)29-4)9-23-20(18)26/h5-7,9,13H,1,8,10H2,2-4H3,(H2,22,24)(H2,23,25,26). The highest BCUT2D eigenvalue weighted by molar-refractivity contribution is 5.92. The van der Waals surface area contributed by atoms with Crippen molar-refractivity contribution in [2.24, 2.45) is 5.73 Å². The molecule has 30 heavy (non-hydrogen) atoms. The number of hydrogen-bond acceptors (Lipinski definition) is 7. The Bertz CT molecular complexity index is 1030. The van der Waals surface area contributed by atoms with Crippen LogP contribution in [0.2, 0.25) is 0 Å². The quantitative estimate of drug-likeness (QED) is 0.418. The van der Waals surface area contributed by atoms with Crippen LogP contribution in [-0.2, 0) is 9.53 Å². The molecule has 1 atom stereocenters. The van der Waals surface area contributed by atoms with Gasteiger partial charge >= 0.3 is 5.97 Å². The van der Waals surface area contributed by atoms with Gasteiger partial charge < -0.3 is 30.0 Å². The van der Waals surface area contributed by atoms with Crippen LogP contribution in [0.1, 0.15) is 40.7 Å². The molecule has 160 valence electrons. The van der Waals surface area contributed by atoms with Crippen LogP contribution >= 0.6 is 0 Å². The SMILES string of the molecule is C=C(C)COc1ccc(C(CC(N)=O)c2c(O)c(C(=O)OC)c[nH]c2=O)cc1OC. The van der Waals surface area contributed by atoms with Crippen molar-refractivity contribution < 1.29 is 28.9 Å². The number of carbonyl (C=O) groups excluding carboxylic acids is 2. The second-order valence-corrected chi connectivity index (χ2v) is 6.66. The summed E-state index contributed by atoms with van der Waals surface area (Å²) in [5.74, 6) is -2.29. The fourth-order valence-electron chi connectivity index (χ4n) is 2.93. The van der Waals surface area contributed by atoms with Gasteiger partial charge in [0.05, 0.1) is 19.8 Å². The molecule has 0 bridgehead atoms. The molecule has 0 aliphatic heterocycles. The minimum absolute atomic E-state index is 0.186. The first-order chi connectivity index (χ1) is 14.2. The van der Waals surface area contributed by atoms with E-state index in [1.165, 1.54) is 7.11 Å². The van der Waals surface area contributed by atoms with Crippen LogP contribution in [0, 0.1) is 0 Å². The molecular weight excluding hydrogens is 392 g/mol. The van der Waals surface area contributed by atoms with Crippen molar-refractivity contribution in [3.05, 3.63) is 63.6 Å². The van der Waals surface area contributed by atoms with Gasteiger partial charge in [-0.1, -0.05) is 12.6 Å². The Kier molecular flexibility index (Phi) is 7.24. The number of methoxy groups -OCH3 is 2. The summed E-state index contributed by atoms with van der Waals surface area (Å²) in [7, 11) is 2.58. The molecule has 0 aliphatic carbocycles. The number of carbonyl (C=O) groups is 2. The Hall–Kier alpha value is -3.75. The normalized spacial score (nSPS) is 11.4. The van der Waals surface area contributed by atoms with E-state index in [1.807, 2.05) is 6.92 Å². The van der Waals surface area contributed by atoms with Gasteiger partial charge in [0.15, 0.2) is 11.5 Å². The minimum atomic E-state index is -0.944. The molecule has 9 heteroatoms. The number of hydrogen-bond donors (Lipinski definition) is 3. The van der Waals surface area contributed by atoms with E-state index in [-0.39, 0.29) is 24.2 Å². The third-order valence-electron chi connectivity index (χ3n) is 4.33. The summed E-state index contributed by atoms with van der Waals surface area (Å²) in [6, 6.07) is 4.80. The maximum Gasteiger partial charge on any atom is 0.343 e. The third kappa shape index (κ3) is 4.99. The molecular formula is C21H24N2O7. The van der Waals surface area contributed by atoms with Crippen molar-refractivity contribution in [1.29, 1.82) is 0 Å². The second kappa shape index (κ2) is 9.64. The number of benzene rings is 1. The van der Waals surface area contributed by atoms with Crippen LogP contribution in [0.15, 0.2) is 41.3 Å². The lowest BCUT2D eigenvalue weighted by Gasteiger charge is -2.20. The molecule has 4 N–H and O–H groups in total. The number of pyridine rings is 1. The third-order valence-corrected chi connectivity index (χ3v) is 4.33. The van der Waals surface area contributed by atoms with Gasteiger partial charge in [0.1, 0.15) is 17.9 Å². The Labute approximate surface area is 173 Å². The number of primary amides is 1. The fraction of sp³-hybridized carbons (Fsp3) is 0.286. The Morgan fingerprint density at radius 1 is 1.27 bits per heavy atom. The molecule has 0 fully saturated rings. The summed E-state index contributed by atoms with van der Waals surface area (Å²) in [5, 5.41) is 10.6. The van der Waals surface area contributed by atoms with E-state index in [2.05, 4.69) is 16.3 Å². The van der Waals surface area contributed by atoms with Crippen molar-refractivity contribution in [2.75, 3.05) is 20.8 Å². The van der Waals surface area contributed by atoms with Crippen LogP contribution in [-0.4, -0.2) is 42.8 Å². The molecule has 0 aliphatic rings. The molecule has 2 rings (SSSR count). The van der Waals surface area contributed by atoms with E-state index >= 15 is 0 Å². The molecule has 0 radical (unpaired) electrons. The van der Waals surface area contributed by atoms with E-state index in [0.29, 0.717) is 17.1 Å². The summed E-state index contributed by atoms with van der Waals surface area (Å²) in [6.45, 7) is 5.86. The number of nitrogens with one attached hydrogen (secondary N) is 1. The molecule has 0 saturated carbocycles. The van der Waals surface area contributed by atoms with Gasteiger partial charge in [0.2, 0.25) is 5.91 Å². The number of rotatable bonds is 9. The molecule has 0 saturated heterocycles. The number of ether oxygens (including phenoxy) is 3. The van der Waals surface area contributed by atoms with E-state index in [1.54, 1.807) is 18.2 Å². The number of aromatic nitrogens is 1. The van der Waals surface area contributed by atoms with Crippen LogP contribution in [0.5, 0.6) is 17.2 Å². The molecule has 9 nitrogen and oxygen atoms in total. The first kappa shape index (κ1) is 22.5. The Morgan fingerprint density at radius 2 is 1.97 bits per heavy atom. The number of esters is 1. The van der Waals surface area contributed by atoms with Crippen LogP contribution in [0.25, 0.3) is 0 Å². The zero-order valence-electron chi connectivity index (χ0n) is 17.0. The Morgan fingerprint density at radius 3 is 2.53 bits per heavy atom. The van der Waals surface area contributed by atoms with Crippen molar-refractivity contribution in [3.8, 4) is 17.2 Å². The van der Waals surface area contributed by atoms with Crippen LogP contribution in [0.4, 0.5) is 0 Å². The number of aromatic amines is 1. The lowest BCUT2D eigenvalue weighted by molar-refractivity contribution is -0.118. The minimum Gasteiger partial charge on any atom is -0.506 e. The maximum atomic E-state index is 12.5. The lowest BCUT2D eigenvalue weighted by Crippen LogP contribution is -2.24. The van der Waals surface area contributed by atoms with Crippen LogP contribution in [0.3, 0.4) is 0 Å². The largest absolute Gasteiger partial charge is 0.506 e. The number of amides is 1. The van der Waals surface area contributed by atoms with Gasteiger partial charge in [-0.2, -0.15) is 0 Å². The number of H-pyrrole nitrogens is 1. The van der Waals surface area contributed by atoms with Gasteiger partial charge in [-0.25, -0.2) is 4.79 Å². The van der Waals surface area contributed by atoms with E-state index in [9.17, 15) is 19.5 Å². The predicted octanol–water partition coefficient (Wildman–Crippen LogP) is 1.84. The van der Waals surface area contributed by atoms with Gasteiger partial charge in [-0.05, 0) is 30.2 Å². The van der Waals surface area contributed by atoms with Crippen molar-refractivity contribution in [2.45, 2.75) is 19.3 Å². The highest BCUT2D eigenvalue weighted by Gasteiger charge is 2.28. The monoisotopic (exact) mass is 416 g/mol. The second-order valence-electron chi connectivity index (χ2n) is 6.66. The summed E-state index contributed by atoms with van der Waals surface area (Å²) in [5.41, 5.74) is 5.55. The Balaban J connectivity index is 2.62. The van der Waals surface area contributed by atoms with Gasteiger partial charge in [-0.15, -0.1) is 0 Å². The molecule has 1 aromatic heterocycles. The molecule has 1 heterocycles. The van der Waals surface area contributed by atoms with E-state index in [4.69, 9.17) is 15.2 Å². The predicted molar refractivity (Wildman–Crippen MR) is 109 cm³/mol. The zero-order valence-corrected chi connectivity index (χ0v) is 17.0. The van der Waals surface area contributed by atoms with Crippen molar-refractivity contribution >= 4 is 11.9 Å². The molecule has 1 aromatic carbocycles. The molecule has 2 aromatic rings. The van der Waals surface area contributed by atoms with Crippen molar-refractivity contribution in [3.63, 3.8) is 0 Å². The average molecular weight is 416 g/mol. The smallest absolute Gasteiger partial charge is 0.343 e. The first-order valence-corrected chi connectivity index (χ1v) is 8.95. The van der Waals surface area contributed by atoms with Crippen LogP contribution < -0.4 is 20.8 Å². The first-order valence-electron chi connectivity index (χ1n) is 8.95. The topological polar surface area (TPSA) is 141 Å². The maximum absolute atomic E-state index is 12.5. The summed E-state index contributed by atoms with van der Waals surface area (Å²) >= 11 is 0. The highest BCUT2D eigenvalue weighted by atomic mass is 16.5. The summed E-state index contributed by atoms with van der Waals surface area (Å²) < 4.78 is 15.6. The summed E-state index contributed by atoms with van der Waals surface area (Å²) in [4.78, 5) is 38.5. The van der Waals surface area contributed by atoms with E-state index in [0.717, 1.165) is 18.9 Å². The van der Waals surface area contributed by atoms with Gasteiger partial charge in [0, 0.05) is 18.5 Å². The van der Waals surface area contributed by atoms with Gasteiger partial charge in [0.25, 0.3) is 5.56 Å². The lowest BCUT2D eigenvalue weighted by atomic mass is 9.87. The highest BCUT2D eigenvalue weighted by Crippen LogP contribution is 2.37.